The Labute approximate surface area is 78.0 Å². The van der Waals surface area contributed by atoms with Gasteiger partial charge in [0.05, 0.1) is 5.51 Å². The van der Waals surface area contributed by atoms with Crippen LogP contribution in [-0.2, 0) is 6.42 Å². The van der Waals surface area contributed by atoms with Crippen molar-refractivity contribution in [2.45, 2.75) is 19.8 Å². The van der Waals surface area contributed by atoms with Crippen molar-refractivity contribution in [3.63, 3.8) is 0 Å². The summed E-state index contributed by atoms with van der Waals surface area (Å²) in [6, 6.07) is 0. The Morgan fingerprint density at radius 2 is 2.50 bits per heavy atom. The molecule has 0 amide bonds. The van der Waals surface area contributed by atoms with Crippen molar-refractivity contribution < 1.29 is 0 Å². The molecule has 2 nitrogen and oxygen atoms in total. The van der Waals surface area contributed by atoms with E-state index in [1.54, 1.807) is 11.3 Å². The van der Waals surface area contributed by atoms with Gasteiger partial charge < -0.3 is 5.32 Å². The topological polar surface area (TPSA) is 24.9 Å². The van der Waals surface area contributed by atoms with Crippen LogP contribution in [-0.4, -0.2) is 18.6 Å². The van der Waals surface area contributed by atoms with Crippen molar-refractivity contribution in [1.82, 2.24) is 10.3 Å². The number of nitrogens with one attached hydrogen (secondary N) is 1. The van der Waals surface area contributed by atoms with Gasteiger partial charge in [0.15, 0.2) is 0 Å². The molecule has 0 aromatic carbocycles. The maximum atomic E-state index is 4.05. The highest BCUT2D eigenvalue weighted by molar-refractivity contribution is 7.09. The Morgan fingerprint density at radius 3 is 3.08 bits per heavy atom. The van der Waals surface area contributed by atoms with Gasteiger partial charge >= 0.3 is 0 Å². The number of aromatic nitrogens is 1. The first-order chi connectivity index (χ1) is 5.83. The molecule has 1 aromatic rings. The molecule has 0 bridgehead atoms. The maximum Gasteiger partial charge on any atom is 0.0794 e. The van der Waals surface area contributed by atoms with Gasteiger partial charge in [0, 0.05) is 11.1 Å². The van der Waals surface area contributed by atoms with Crippen LogP contribution in [0.5, 0.6) is 0 Å². The molecule has 3 heteroatoms. The molecule has 0 radical (unpaired) electrons. The van der Waals surface area contributed by atoms with Crippen molar-refractivity contribution in [1.29, 1.82) is 0 Å². The summed E-state index contributed by atoms with van der Waals surface area (Å²) in [5.41, 5.74) is 1.90. The first-order valence-corrected chi connectivity index (χ1v) is 5.23. The lowest BCUT2D eigenvalue weighted by atomic mass is 10.1. The largest absolute Gasteiger partial charge is 0.319 e. The predicted molar refractivity (Wildman–Crippen MR) is 53.5 cm³/mol. The standard InChI is InChI=1S/C9H16N2S/c1-8(5-10-2)3-4-9-6-11-7-12-9/h6-8,10H,3-5H2,1-2H3. The molecule has 0 saturated carbocycles. The van der Waals surface area contributed by atoms with Crippen molar-refractivity contribution >= 4 is 11.3 Å². The first-order valence-electron chi connectivity index (χ1n) is 4.35. The molecule has 0 spiro atoms. The van der Waals surface area contributed by atoms with Crippen molar-refractivity contribution in [3.05, 3.63) is 16.6 Å². The summed E-state index contributed by atoms with van der Waals surface area (Å²) >= 11 is 1.75. The monoisotopic (exact) mass is 184 g/mol. The number of hydrogen-bond acceptors (Lipinski definition) is 3. The summed E-state index contributed by atoms with van der Waals surface area (Å²) in [4.78, 5) is 5.45. The van der Waals surface area contributed by atoms with Crippen LogP contribution in [0.2, 0.25) is 0 Å². The summed E-state index contributed by atoms with van der Waals surface area (Å²) in [5.74, 6) is 0.761. The maximum absolute atomic E-state index is 4.05. The predicted octanol–water partition coefficient (Wildman–Crippen LogP) is 1.93. The van der Waals surface area contributed by atoms with Gasteiger partial charge in [-0.05, 0) is 32.4 Å². The van der Waals surface area contributed by atoms with Crippen LogP contribution in [0.15, 0.2) is 11.7 Å². The molecule has 1 aromatic heterocycles. The molecule has 0 aliphatic heterocycles. The fourth-order valence-electron chi connectivity index (χ4n) is 1.20. The molecule has 1 N–H and O–H groups in total. The van der Waals surface area contributed by atoms with E-state index in [2.05, 4.69) is 17.2 Å². The molecule has 0 fully saturated rings. The van der Waals surface area contributed by atoms with Gasteiger partial charge in [0.2, 0.25) is 0 Å². The van der Waals surface area contributed by atoms with E-state index >= 15 is 0 Å². The van der Waals surface area contributed by atoms with Crippen LogP contribution < -0.4 is 5.32 Å². The van der Waals surface area contributed by atoms with Gasteiger partial charge in [0.1, 0.15) is 0 Å². The number of nitrogens with zero attached hydrogens (tertiary/aromatic N) is 1. The van der Waals surface area contributed by atoms with Crippen molar-refractivity contribution in [2.24, 2.45) is 5.92 Å². The van der Waals surface area contributed by atoms with Gasteiger partial charge in [0.25, 0.3) is 0 Å². The summed E-state index contributed by atoms with van der Waals surface area (Å²) in [7, 11) is 2.00. The molecular formula is C9H16N2S. The minimum atomic E-state index is 0.761. The number of hydrogen-bond donors (Lipinski definition) is 1. The Kier molecular flexibility index (Phi) is 4.25. The second-order valence-corrected chi connectivity index (χ2v) is 4.14. The van der Waals surface area contributed by atoms with Gasteiger partial charge in [-0.15, -0.1) is 11.3 Å². The molecule has 0 aliphatic carbocycles. The summed E-state index contributed by atoms with van der Waals surface area (Å²) in [5, 5.41) is 3.19. The van der Waals surface area contributed by atoms with Crippen LogP contribution in [0.1, 0.15) is 18.2 Å². The number of thiazole rings is 1. The number of aryl methyl sites for hydroxylation is 1. The lowest BCUT2D eigenvalue weighted by Gasteiger charge is -2.08. The van der Waals surface area contributed by atoms with E-state index in [4.69, 9.17) is 0 Å². The molecule has 0 saturated heterocycles. The van der Waals surface area contributed by atoms with E-state index in [9.17, 15) is 0 Å². The SMILES string of the molecule is CNCC(C)CCc1cncs1. The molecule has 0 aliphatic rings. The zero-order valence-electron chi connectivity index (χ0n) is 7.71. The van der Waals surface area contributed by atoms with Crippen LogP contribution >= 0.6 is 11.3 Å². The van der Waals surface area contributed by atoms with Gasteiger partial charge in [-0.3, -0.25) is 4.98 Å². The molecule has 12 heavy (non-hydrogen) atoms. The van der Waals surface area contributed by atoms with E-state index < -0.39 is 0 Å². The molecule has 1 heterocycles. The van der Waals surface area contributed by atoms with E-state index in [0.717, 1.165) is 12.5 Å². The smallest absolute Gasteiger partial charge is 0.0794 e. The summed E-state index contributed by atoms with van der Waals surface area (Å²) < 4.78 is 0. The number of rotatable bonds is 5. The van der Waals surface area contributed by atoms with Gasteiger partial charge in [-0.25, -0.2) is 0 Å². The van der Waals surface area contributed by atoms with E-state index in [-0.39, 0.29) is 0 Å². The highest BCUT2D eigenvalue weighted by atomic mass is 32.1. The summed E-state index contributed by atoms with van der Waals surface area (Å²) in [6.45, 7) is 3.39. The average Bonchev–Trinajstić information content (AvgIpc) is 2.53. The Bertz CT molecular complexity index is 196. The zero-order chi connectivity index (χ0) is 8.81. The third-order valence-electron chi connectivity index (χ3n) is 1.92. The fraction of sp³-hybridized carbons (Fsp3) is 0.667. The highest BCUT2D eigenvalue weighted by Crippen LogP contribution is 2.12. The third-order valence-corrected chi connectivity index (χ3v) is 2.76. The van der Waals surface area contributed by atoms with Crippen molar-refractivity contribution in [3.8, 4) is 0 Å². The second kappa shape index (κ2) is 5.27. The summed E-state index contributed by atoms with van der Waals surface area (Å²) in [6.07, 6.45) is 4.40. The van der Waals surface area contributed by atoms with Crippen LogP contribution in [0.25, 0.3) is 0 Å². The Hall–Kier alpha value is -0.410. The van der Waals surface area contributed by atoms with Crippen molar-refractivity contribution in [2.75, 3.05) is 13.6 Å². The van der Waals surface area contributed by atoms with Crippen LogP contribution in [0.3, 0.4) is 0 Å². The van der Waals surface area contributed by atoms with Crippen LogP contribution in [0, 0.1) is 5.92 Å². The first kappa shape index (κ1) is 9.68. The zero-order valence-corrected chi connectivity index (χ0v) is 8.53. The molecule has 68 valence electrons. The lowest BCUT2D eigenvalue weighted by Crippen LogP contribution is -2.16. The molecular weight excluding hydrogens is 168 g/mol. The Morgan fingerprint density at radius 1 is 1.67 bits per heavy atom. The highest BCUT2D eigenvalue weighted by Gasteiger charge is 2.01. The minimum absolute atomic E-state index is 0.761. The molecule has 1 unspecified atom stereocenters. The molecule has 1 atom stereocenters. The second-order valence-electron chi connectivity index (χ2n) is 3.17. The minimum Gasteiger partial charge on any atom is -0.319 e. The van der Waals surface area contributed by atoms with Crippen LogP contribution in [0.4, 0.5) is 0 Å². The normalized spacial score (nSPS) is 13.2. The van der Waals surface area contributed by atoms with E-state index in [1.165, 1.54) is 17.7 Å². The van der Waals surface area contributed by atoms with E-state index in [1.807, 2.05) is 18.8 Å². The average molecular weight is 184 g/mol. The van der Waals surface area contributed by atoms with Gasteiger partial charge in [-0.1, -0.05) is 6.92 Å². The third kappa shape index (κ3) is 3.32. The fourth-order valence-corrected chi connectivity index (χ4v) is 1.82. The Balaban J connectivity index is 2.17. The quantitative estimate of drug-likeness (QED) is 0.756. The van der Waals surface area contributed by atoms with Gasteiger partial charge in [-0.2, -0.15) is 0 Å². The van der Waals surface area contributed by atoms with E-state index in [0.29, 0.717) is 0 Å². The lowest BCUT2D eigenvalue weighted by molar-refractivity contribution is 0.506. The molecule has 1 rings (SSSR count).